The van der Waals surface area contributed by atoms with E-state index >= 15 is 0 Å². The molecule has 8 heteroatoms. The molecule has 0 aliphatic rings. The Morgan fingerprint density at radius 2 is 1.88 bits per heavy atom. The lowest BCUT2D eigenvalue weighted by molar-refractivity contribution is -0.116. The molecule has 0 radical (unpaired) electrons. The molecule has 0 fully saturated rings. The number of sulfonamides is 1. The normalized spacial score (nSPS) is 11.8. The van der Waals surface area contributed by atoms with Crippen molar-refractivity contribution in [2.45, 2.75) is 45.3 Å². The number of anilines is 1. The van der Waals surface area contributed by atoms with Gasteiger partial charge in [0.05, 0.1) is 5.25 Å². The van der Waals surface area contributed by atoms with Gasteiger partial charge in [0, 0.05) is 30.1 Å². The minimum atomic E-state index is -3.26. The molecular weight excluding hydrogens is 356 g/mol. The van der Waals surface area contributed by atoms with Gasteiger partial charge in [0.15, 0.2) is 0 Å². The standard InChI is InChI=1S/C18H24N2O5S/c1-12(2)26(23,24)19-11-5-4-6-17(21)20-15-8-9-16-14(13(15)3)7-10-18(22)25-16/h7-10,12,19H,4-6,11H2,1-3H3,(H,20,21). The quantitative estimate of drug-likeness (QED) is 0.541. The summed E-state index contributed by atoms with van der Waals surface area (Å²) in [7, 11) is -3.26. The number of hydrogen-bond donors (Lipinski definition) is 2. The summed E-state index contributed by atoms with van der Waals surface area (Å²) >= 11 is 0. The van der Waals surface area contributed by atoms with Gasteiger partial charge >= 0.3 is 5.63 Å². The summed E-state index contributed by atoms with van der Waals surface area (Å²) in [5.74, 6) is -0.142. The topological polar surface area (TPSA) is 105 Å². The van der Waals surface area contributed by atoms with Crippen molar-refractivity contribution in [2.75, 3.05) is 11.9 Å². The number of carbonyl (C=O) groups excluding carboxylic acids is 1. The van der Waals surface area contributed by atoms with E-state index in [2.05, 4.69) is 10.0 Å². The maximum Gasteiger partial charge on any atom is 0.336 e. The van der Waals surface area contributed by atoms with E-state index in [-0.39, 0.29) is 5.91 Å². The van der Waals surface area contributed by atoms with Crippen LogP contribution in [0.2, 0.25) is 0 Å². The molecule has 0 bridgehead atoms. The van der Waals surface area contributed by atoms with Crippen LogP contribution < -0.4 is 15.7 Å². The molecular formula is C18H24N2O5S. The van der Waals surface area contributed by atoms with Crippen LogP contribution in [0, 0.1) is 6.92 Å². The van der Waals surface area contributed by atoms with Crippen LogP contribution in [-0.4, -0.2) is 26.1 Å². The Hall–Kier alpha value is -2.19. The highest BCUT2D eigenvalue weighted by molar-refractivity contribution is 7.90. The third kappa shape index (κ3) is 5.15. The van der Waals surface area contributed by atoms with Gasteiger partial charge in [-0.25, -0.2) is 17.9 Å². The van der Waals surface area contributed by atoms with E-state index in [9.17, 15) is 18.0 Å². The highest BCUT2D eigenvalue weighted by atomic mass is 32.2. The first-order chi connectivity index (χ1) is 12.2. The number of nitrogens with one attached hydrogen (secondary N) is 2. The molecule has 0 atom stereocenters. The third-order valence-corrected chi connectivity index (χ3v) is 5.95. The number of benzene rings is 1. The Morgan fingerprint density at radius 3 is 2.58 bits per heavy atom. The van der Waals surface area contributed by atoms with Crippen LogP contribution in [0.25, 0.3) is 11.0 Å². The highest BCUT2D eigenvalue weighted by Gasteiger charge is 2.14. The van der Waals surface area contributed by atoms with Crippen LogP contribution in [0.4, 0.5) is 5.69 Å². The van der Waals surface area contributed by atoms with Crippen LogP contribution in [0.5, 0.6) is 0 Å². The largest absolute Gasteiger partial charge is 0.423 e. The van der Waals surface area contributed by atoms with E-state index in [1.54, 1.807) is 32.0 Å². The van der Waals surface area contributed by atoms with Gasteiger partial charge in [-0.3, -0.25) is 4.79 Å². The Bertz CT molecular complexity index is 948. The van der Waals surface area contributed by atoms with Crippen LogP contribution in [0.1, 0.15) is 38.7 Å². The molecule has 0 aliphatic carbocycles. The van der Waals surface area contributed by atoms with E-state index in [0.29, 0.717) is 37.1 Å². The zero-order valence-electron chi connectivity index (χ0n) is 15.2. The molecule has 2 N–H and O–H groups in total. The minimum Gasteiger partial charge on any atom is -0.423 e. The van der Waals surface area contributed by atoms with Crippen molar-refractivity contribution in [2.24, 2.45) is 0 Å². The summed E-state index contributed by atoms with van der Waals surface area (Å²) in [5.41, 5.74) is 1.55. The lowest BCUT2D eigenvalue weighted by Crippen LogP contribution is -2.31. The van der Waals surface area contributed by atoms with Crippen LogP contribution in [0.15, 0.2) is 33.5 Å². The average molecular weight is 380 g/mol. The lowest BCUT2D eigenvalue weighted by Gasteiger charge is -2.11. The average Bonchev–Trinajstić information content (AvgIpc) is 2.56. The monoisotopic (exact) mass is 380 g/mol. The van der Waals surface area contributed by atoms with E-state index in [0.717, 1.165) is 10.9 Å². The minimum absolute atomic E-state index is 0.142. The molecule has 1 amide bonds. The van der Waals surface area contributed by atoms with Crippen molar-refractivity contribution in [3.63, 3.8) is 0 Å². The van der Waals surface area contributed by atoms with E-state index in [1.165, 1.54) is 6.07 Å². The van der Waals surface area contributed by atoms with Crippen molar-refractivity contribution in [1.82, 2.24) is 4.72 Å². The number of aryl methyl sites for hydroxylation is 1. The van der Waals surface area contributed by atoms with Crippen LogP contribution in [0.3, 0.4) is 0 Å². The molecule has 0 saturated carbocycles. The van der Waals surface area contributed by atoms with Gasteiger partial charge in [0.1, 0.15) is 5.58 Å². The fourth-order valence-corrected chi connectivity index (χ4v) is 3.20. The first-order valence-electron chi connectivity index (χ1n) is 8.52. The molecule has 142 valence electrons. The number of fused-ring (bicyclic) bond motifs is 1. The predicted molar refractivity (Wildman–Crippen MR) is 102 cm³/mol. The Kier molecular flexibility index (Phi) is 6.55. The van der Waals surface area contributed by atoms with Crippen LogP contribution >= 0.6 is 0 Å². The Balaban J connectivity index is 1.87. The molecule has 0 unspecified atom stereocenters. The van der Waals surface area contributed by atoms with Crippen molar-refractivity contribution in [1.29, 1.82) is 0 Å². The fourth-order valence-electron chi connectivity index (χ4n) is 2.43. The number of unbranched alkanes of at least 4 members (excludes halogenated alkanes) is 1. The second kappa shape index (κ2) is 8.46. The van der Waals surface area contributed by atoms with Gasteiger partial charge in [-0.2, -0.15) is 0 Å². The molecule has 26 heavy (non-hydrogen) atoms. The van der Waals surface area contributed by atoms with Crippen LogP contribution in [-0.2, 0) is 14.8 Å². The van der Waals surface area contributed by atoms with Gasteiger partial charge in [-0.05, 0) is 57.4 Å². The predicted octanol–water partition coefficient (Wildman–Crippen LogP) is 2.54. The lowest BCUT2D eigenvalue weighted by atomic mass is 10.1. The maximum absolute atomic E-state index is 12.1. The first kappa shape index (κ1) is 20.1. The summed E-state index contributed by atoms with van der Waals surface area (Å²) in [6, 6.07) is 6.38. The molecule has 0 saturated heterocycles. The Labute approximate surface area is 152 Å². The molecule has 1 aromatic carbocycles. The summed E-state index contributed by atoms with van der Waals surface area (Å²) in [4.78, 5) is 23.3. The van der Waals surface area contributed by atoms with Gasteiger partial charge in [-0.1, -0.05) is 0 Å². The van der Waals surface area contributed by atoms with E-state index in [4.69, 9.17) is 4.42 Å². The smallest absolute Gasteiger partial charge is 0.336 e. The molecule has 2 rings (SSSR count). The molecule has 1 aromatic heterocycles. The zero-order valence-corrected chi connectivity index (χ0v) is 16.0. The molecule has 7 nitrogen and oxygen atoms in total. The Morgan fingerprint density at radius 1 is 1.15 bits per heavy atom. The second-order valence-corrected chi connectivity index (χ2v) is 8.72. The van der Waals surface area contributed by atoms with Gasteiger partial charge in [0.25, 0.3) is 0 Å². The fraction of sp³-hybridized carbons (Fsp3) is 0.444. The van der Waals surface area contributed by atoms with Gasteiger partial charge in [-0.15, -0.1) is 0 Å². The zero-order chi connectivity index (χ0) is 19.3. The summed E-state index contributed by atoms with van der Waals surface area (Å²) < 4.78 is 30.9. The summed E-state index contributed by atoms with van der Waals surface area (Å²) in [6.45, 7) is 5.40. The number of amides is 1. The van der Waals surface area contributed by atoms with Crippen molar-refractivity contribution >= 4 is 32.6 Å². The molecule has 0 spiro atoms. The van der Waals surface area contributed by atoms with Crippen molar-refractivity contribution < 1.29 is 17.6 Å². The second-order valence-electron chi connectivity index (χ2n) is 6.40. The summed E-state index contributed by atoms with van der Waals surface area (Å²) in [5, 5.41) is 3.15. The molecule has 1 heterocycles. The highest BCUT2D eigenvalue weighted by Crippen LogP contribution is 2.24. The van der Waals surface area contributed by atoms with Crippen molar-refractivity contribution in [3.05, 3.63) is 40.2 Å². The summed E-state index contributed by atoms with van der Waals surface area (Å²) in [6.07, 6.45) is 1.46. The maximum atomic E-state index is 12.1. The van der Waals surface area contributed by atoms with Crippen molar-refractivity contribution in [3.8, 4) is 0 Å². The van der Waals surface area contributed by atoms with E-state index < -0.39 is 20.9 Å². The SMILES string of the molecule is Cc1c(NC(=O)CCCCNS(=O)(=O)C(C)C)ccc2oc(=O)ccc12. The number of hydrogen-bond acceptors (Lipinski definition) is 5. The number of rotatable bonds is 8. The number of carbonyl (C=O) groups is 1. The van der Waals surface area contributed by atoms with Gasteiger partial charge in [0.2, 0.25) is 15.9 Å². The molecule has 0 aliphatic heterocycles. The molecule has 2 aromatic rings. The van der Waals surface area contributed by atoms with Gasteiger partial charge < -0.3 is 9.73 Å². The third-order valence-electron chi connectivity index (χ3n) is 4.10. The van der Waals surface area contributed by atoms with E-state index in [1.807, 2.05) is 6.92 Å². The first-order valence-corrected chi connectivity index (χ1v) is 10.1.